The Balaban J connectivity index is 0.982. The highest BCUT2D eigenvalue weighted by molar-refractivity contribution is 6.22. The van der Waals surface area contributed by atoms with E-state index < -0.39 is 0 Å². The maximum Gasteiger partial charge on any atom is 0.167 e. The Morgan fingerprint density at radius 2 is 0.691 bits per heavy atom. The van der Waals surface area contributed by atoms with Gasteiger partial charge in [-0.05, 0) is 93.0 Å². The fourth-order valence-corrected chi connectivity index (χ4v) is 9.75. The molecule has 0 bridgehead atoms. The maximum absolute atomic E-state index is 7.22. The van der Waals surface area contributed by atoms with Gasteiger partial charge in [0.15, 0.2) is 23.1 Å². The van der Waals surface area contributed by atoms with Gasteiger partial charge in [0.25, 0.3) is 0 Å². The first-order valence-corrected chi connectivity index (χ1v) is 22.9. The number of fused-ring (bicyclic) bond motifs is 7. The largest absolute Gasteiger partial charge is 0.453 e. The van der Waals surface area contributed by atoms with Gasteiger partial charge in [0.2, 0.25) is 0 Å². The Kier molecular flexibility index (Phi) is 9.43. The molecule has 13 rings (SSSR count). The Morgan fingerprint density at radius 1 is 0.279 bits per heavy atom. The first-order chi connectivity index (χ1) is 33.7. The van der Waals surface area contributed by atoms with Crippen molar-refractivity contribution in [1.82, 2.24) is 19.5 Å². The second kappa shape index (κ2) is 16.4. The molecular weight excluding hydrogens is 829 g/mol. The van der Waals surface area contributed by atoms with Gasteiger partial charge in [0.05, 0.1) is 16.6 Å². The van der Waals surface area contributed by atoms with E-state index in [1.807, 2.05) is 12.1 Å². The first-order valence-electron chi connectivity index (χ1n) is 22.9. The molecule has 318 valence electrons. The molecule has 0 unspecified atom stereocenters. The highest BCUT2D eigenvalue weighted by Gasteiger charge is 2.22. The Labute approximate surface area is 392 Å². The summed E-state index contributed by atoms with van der Waals surface area (Å²) in [5.74, 6) is 1.70. The molecule has 0 atom stereocenters. The van der Waals surface area contributed by atoms with Crippen LogP contribution in [0.3, 0.4) is 0 Å². The van der Waals surface area contributed by atoms with Gasteiger partial charge in [-0.1, -0.05) is 194 Å². The van der Waals surface area contributed by atoms with E-state index in [0.29, 0.717) is 17.5 Å². The van der Waals surface area contributed by atoms with Crippen LogP contribution in [0.1, 0.15) is 0 Å². The van der Waals surface area contributed by atoms with Crippen molar-refractivity contribution >= 4 is 43.7 Å². The van der Waals surface area contributed by atoms with Crippen molar-refractivity contribution < 1.29 is 4.42 Å². The molecule has 0 saturated carbocycles. The highest BCUT2D eigenvalue weighted by Crippen LogP contribution is 2.43. The van der Waals surface area contributed by atoms with E-state index in [1.165, 1.54) is 16.7 Å². The Hall–Kier alpha value is -9.19. The summed E-state index contributed by atoms with van der Waals surface area (Å²) in [5, 5.41) is 4.29. The van der Waals surface area contributed by atoms with Gasteiger partial charge in [0.1, 0.15) is 5.58 Å². The summed E-state index contributed by atoms with van der Waals surface area (Å²) in [5.41, 5.74) is 16.4. The molecule has 0 fully saturated rings. The molecule has 5 nitrogen and oxygen atoms in total. The van der Waals surface area contributed by atoms with Crippen LogP contribution in [0.4, 0.5) is 0 Å². The lowest BCUT2D eigenvalue weighted by Gasteiger charge is -2.11. The van der Waals surface area contributed by atoms with E-state index in [9.17, 15) is 0 Å². The first kappa shape index (κ1) is 39.2. The summed E-state index contributed by atoms with van der Waals surface area (Å²) in [6.07, 6.45) is 0. The highest BCUT2D eigenvalue weighted by atomic mass is 16.3. The minimum absolute atomic E-state index is 0.536. The molecule has 68 heavy (non-hydrogen) atoms. The van der Waals surface area contributed by atoms with Crippen molar-refractivity contribution in [2.24, 2.45) is 0 Å². The van der Waals surface area contributed by atoms with E-state index in [0.717, 1.165) is 93.9 Å². The molecular formula is C63H40N4O. The normalized spacial score (nSPS) is 11.5. The van der Waals surface area contributed by atoms with Gasteiger partial charge < -0.3 is 8.98 Å². The zero-order valence-electron chi connectivity index (χ0n) is 36.8. The smallest absolute Gasteiger partial charge is 0.167 e. The number of nitrogens with zero attached hydrogens (tertiary/aromatic N) is 4. The maximum atomic E-state index is 7.22. The van der Waals surface area contributed by atoms with Gasteiger partial charge in [-0.15, -0.1) is 0 Å². The van der Waals surface area contributed by atoms with E-state index in [1.54, 1.807) is 0 Å². The molecule has 0 amide bonds. The average molecular weight is 869 g/mol. The molecule has 0 aliphatic rings. The lowest BCUT2D eigenvalue weighted by atomic mass is 9.99. The average Bonchev–Trinajstić information content (AvgIpc) is 3.98. The van der Waals surface area contributed by atoms with Gasteiger partial charge in [-0.3, -0.25) is 0 Å². The molecule has 3 heterocycles. The van der Waals surface area contributed by atoms with Crippen molar-refractivity contribution in [3.05, 3.63) is 243 Å². The zero-order chi connectivity index (χ0) is 45.0. The zero-order valence-corrected chi connectivity index (χ0v) is 36.8. The van der Waals surface area contributed by atoms with Crippen LogP contribution in [0, 0.1) is 0 Å². The molecule has 0 N–H and O–H groups in total. The van der Waals surface area contributed by atoms with Crippen LogP contribution in [0.15, 0.2) is 247 Å². The van der Waals surface area contributed by atoms with Crippen LogP contribution in [-0.2, 0) is 0 Å². The van der Waals surface area contributed by atoms with E-state index in [4.69, 9.17) is 19.4 Å². The third kappa shape index (κ3) is 6.84. The van der Waals surface area contributed by atoms with E-state index in [2.05, 4.69) is 235 Å². The summed E-state index contributed by atoms with van der Waals surface area (Å²) >= 11 is 0. The fraction of sp³-hybridized carbons (Fsp3) is 0. The Bertz CT molecular complexity index is 3900. The monoisotopic (exact) mass is 868 g/mol. The summed E-state index contributed by atoms with van der Waals surface area (Å²) in [6, 6.07) is 85.1. The molecule has 3 aromatic heterocycles. The second-order valence-electron chi connectivity index (χ2n) is 17.2. The number of furan rings is 1. The summed E-state index contributed by atoms with van der Waals surface area (Å²) in [7, 11) is 0. The summed E-state index contributed by atoms with van der Waals surface area (Å²) in [6.45, 7) is 0. The standard InChI is InChI=1S/C63H40N4O/c1-4-16-41(17-5-1)45-22-12-23-46(38-45)44-32-34-51(35-33-44)67-57-31-11-10-28-52(57)53-36-37-55-54-29-15-30-56(59(54)68-60(55)58(53)67)63-65-61(49-26-13-24-47(39-49)42-18-6-2-7-19-42)64-62(66-63)50-27-14-25-48(40-50)43-20-8-3-9-21-43/h1-40H. The number of rotatable bonds is 8. The van der Waals surface area contributed by atoms with Gasteiger partial charge in [-0.25, -0.2) is 15.0 Å². The molecule has 13 aromatic rings. The van der Waals surface area contributed by atoms with E-state index in [-0.39, 0.29) is 0 Å². The van der Waals surface area contributed by atoms with Gasteiger partial charge in [-0.2, -0.15) is 0 Å². The molecule has 0 saturated heterocycles. The molecule has 5 heteroatoms. The molecule has 0 radical (unpaired) electrons. The van der Waals surface area contributed by atoms with Crippen LogP contribution in [0.5, 0.6) is 0 Å². The number of hydrogen-bond acceptors (Lipinski definition) is 4. The van der Waals surface area contributed by atoms with Crippen LogP contribution in [0.2, 0.25) is 0 Å². The molecule has 0 aliphatic carbocycles. The minimum atomic E-state index is 0.536. The summed E-state index contributed by atoms with van der Waals surface area (Å²) < 4.78 is 9.56. The molecule has 10 aromatic carbocycles. The second-order valence-corrected chi connectivity index (χ2v) is 17.2. The van der Waals surface area contributed by atoms with Crippen LogP contribution >= 0.6 is 0 Å². The third-order valence-corrected chi connectivity index (χ3v) is 13.1. The van der Waals surface area contributed by atoms with Gasteiger partial charge in [0, 0.05) is 38.4 Å². The quantitative estimate of drug-likeness (QED) is 0.153. The topological polar surface area (TPSA) is 56.7 Å². The van der Waals surface area contributed by atoms with Gasteiger partial charge >= 0.3 is 0 Å². The molecule has 0 aliphatic heterocycles. The molecule has 0 spiro atoms. The van der Waals surface area contributed by atoms with Crippen molar-refractivity contribution in [3.8, 4) is 84.4 Å². The number of aromatic nitrogens is 4. The van der Waals surface area contributed by atoms with Crippen LogP contribution in [-0.4, -0.2) is 19.5 Å². The van der Waals surface area contributed by atoms with Crippen LogP contribution in [0.25, 0.3) is 128 Å². The van der Waals surface area contributed by atoms with E-state index >= 15 is 0 Å². The van der Waals surface area contributed by atoms with Crippen molar-refractivity contribution in [2.45, 2.75) is 0 Å². The fourth-order valence-electron chi connectivity index (χ4n) is 9.75. The van der Waals surface area contributed by atoms with Crippen molar-refractivity contribution in [1.29, 1.82) is 0 Å². The predicted molar refractivity (Wildman–Crippen MR) is 279 cm³/mol. The predicted octanol–water partition coefficient (Wildman–Crippen LogP) is 16.5. The summed E-state index contributed by atoms with van der Waals surface area (Å²) in [4.78, 5) is 15.7. The number of para-hydroxylation sites is 2. The SMILES string of the molecule is c1ccc(-c2cccc(-c3ccc(-n4c5ccccc5c5ccc6c7cccc(-c8nc(-c9cccc(-c%10ccccc%10)c9)nc(-c9cccc(-c%10ccccc%10)c9)n8)c7oc6c54)cc3)c2)cc1. The van der Waals surface area contributed by atoms with Crippen molar-refractivity contribution in [2.75, 3.05) is 0 Å². The van der Waals surface area contributed by atoms with Crippen molar-refractivity contribution in [3.63, 3.8) is 0 Å². The lowest BCUT2D eigenvalue weighted by molar-refractivity contribution is 0.671. The number of hydrogen-bond donors (Lipinski definition) is 0. The minimum Gasteiger partial charge on any atom is -0.453 e. The Morgan fingerprint density at radius 3 is 1.26 bits per heavy atom. The third-order valence-electron chi connectivity index (χ3n) is 13.1. The number of benzene rings is 10. The van der Waals surface area contributed by atoms with Crippen LogP contribution < -0.4 is 0 Å². The lowest BCUT2D eigenvalue weighted by Crippen LogP contribution is -2.00.